The lowest BCUT2D eigenvalue weighted by molar-refractivity contribution is 0.593. The smallest absolute Gasteiger partial charge is 0.172 e. The summed E-state index contributed by atoms with van der Waals surface area (Å²) in [6.07, 6.45) is 0. The highest BCUT2D eigenvalue weighted by Crippen LogP contribution is 2.55. The molecule has 1 unspecified atom stereocenters. The Bertz CT molecular complexity index is 3020. The predicted octanol–water partition coefficient (Wildman–Crippen LogP) is 11.5. The molecule has 11 rings (SSSR count). The SMILES string of the molecule is CC1(C)c2ccc(-c3ccc4ccccc4c3)cc2-c2cc(-n3c4ccccc4c4c5c(ccc43)-c3ccccc3P5(=O)c3ccccc3)ccc21. The first kappa shape index (κ1) is 29.7. The van der Waals surface area contributed by atoms with Crippen LogP contribution >= 0.6 is 7.14 Å². The fourth-order valence-electron chi connectivity index (χ4n) is 9.31. The van der Waals surface area contributed by atoms with Crippen LogP contribution in [0.3, 0.4) is 0 Å². The van der Waals surface area contributed by atoms with Crippen molar-refractivity contribution in [3.05, 3.63) is 181 Å². The first-order chi connectivity index (χ1) is 25.4. The zero-order valence-electron chi connectivity index (χ0n) is 29.0. The van der Waals surface area contributed by atoms with Gasteiger partial charge in [-0.2, -0.15) is 0 Å². The number of rotatable bonds is 3. The number of para-hydroxylation sites is 1. The summed E-state index contributed by atoms with van der Waals surface area (Å²) in [7, 11) is -3.17. The van der Waals surface area contributed by atoms with Gasteiger partial charge in [-0.25, -0.2) is 0 Å². The second kappa shape index (κ2) is 10.5. The Morgan fingerprint density at radius 3 is 2.04 bits per heavy atom. The van der Waals surface area contributed by atoms with Gasteiger partial charge in [-0.3, -0.25) is 0 Å². The molecule has 8 aromatic carbocycles. The maximum atomic E-state index is 15.8. The Kier molecular flexibility index (Phi) is 6.03. The Balaban J connectivity index is 1.15. The third-order valence-corrected chi connectivity index (χ3v) is 15.0. The Hall–Kier alpha value is -5.95. The van der Waals surface area contributed by atoms with Gasteiger partial charge in [0.05, 0.1) is 11.0 Å². The second-order valence-electron chi connectivity index (χ2n) is 14.8. The molecule has 2 heterocycles. The molecule has 0 bridgehead atoms. The number of benzene rings is 8. The molecule has 3 heteroatoms. The van der Waals surface area contributed by atoms with Crippen molar-refractivity contribution in [3.8, 4) is 39.1 Å². The fraction of sp³-hybridized carbons (Fsp3) is 0.0612. The molecule has 1 aromatic heterocycles. The molecule has 0 amide bonds. The van der Waals surface area contributed by atoms with E-state index in [2.05, 4.69) is 152 Å². The van der Waals surface area contributed by atoms with E-state index in [0.717, 1.165) is 54.5 Å². The van der Waals surface area contributed by atoms with E-state index in [-0.39, 0.29) is 5.41 Å². The average Bonchev–Trinajstić information content (AvgIpc) is 3.75. The van der Waals surface area contributed by atoms with Crippen molar-refractivity contribution < 1.29 is 4.57 Å². The van der Waals surface area contributed by atoms with Crippen LogP contribution in [0, 0.1) is 0 Å². The zero-order chi connectivity index (χ0) is 34.8. The van der Waals surface area contributed by atoms with Crippen LogP contribution in [0.2, 0.25) is 0 Å². The molecule has 1 aliphatic carbocycles. The predicted molar refractivity (Wildman–Crippen MR) is 220 cm³/mol. The van der Waals surface area contributed by atoms with E-state index in [9.17, 15) is 0 Å². The number of hydrogen-bond donors (Lipinski definition) is 0. The third kappa shape index (κ3) is 3.88. The molecule has 2 aliphatic rings. The molecule has 1 aliphatic heterocycles. The monoisotopic (exact) mass is 683 g/mol. The van der Waals surface area contributed by atoms with Gasteiger partial charge in [0.2, 0.25) is 0 Å². The summed E-state index contributed by atoms with van der Waals surface area (Å²) in [6.45, 7) is 4.69. The Morgan fingerprint density at radius 2 is 1.17 bits per heavy atom. The number of aromatic nitrogens is 1. The summed E-state index contributed by atoms with van der Waals surface area (Å²) < 4.78 is 18.2. The minimum absolute atomic E-state index is 0.124. The molecular formula is C49H34NOP. The van der Waals surface area contributed by atoms with Gasteiger partial charge in [0.1, 0.15) is 0 Å². The average molecular weight is 684 g/mol. The zero-order valence-corrected chi connectivity index (χ0v) is 29.9. The molecule has 0 saturated heterocycles. The quantitative estimate of drug-likeness (QED) is 0.170. The van der Waals surface area contributed by atoms with E-state index in [1.54, 1.807) is 0 Å². The molecule has 1 atom stereocenters. The molecule has 2 nitrogen and oxygen atoms in total. The van der Waals surface area contributed by atoms with Crippen LogP contribution in [-0.4, -0.2) is 4.57 Å². The molecule has 0 spiro atoms. The summed E-state index contributed by atoms with van der Waals surface area (Å²) in [5, 5.41) is 7.48. The first-order valence-corrected chi connectivity index (χ1v) is 19.7. The van der Waals surface area contributed by atoms with Crippen LogP contribution in [0.15, 0.2) is 170 Å². The van der Waals surface area contributed by atoms with Gasteiger partial charge >= 0.3 is 0 Å². The Labute approximate surface area is 303 Å². The van der Waals surface area contributed by atoms with E-state index in [4.69, 9.17) is 0 Å². The molecule has 9 aromatic rings. The van der Waals surface area contributed by atoms with Crippen molar-refractivity contribution in [1.29, 1.82) is 0 Å². The van der Waals surface area contributed by atoms with Gasteiger partial charge in [0.25, 0.3) is 0 Å². The highest BCUT2D eigenvalue weighted by molar-refractivity contribution is 7.86. The van der Waals surface area contributed by atoms with Crippen molar-refractivity contribution in [3.63, 3.8) is 0 Å². The molecule has 52 heavy (non-hydrogen) atoms. The molecule has 246 valence electrons. The maximum absolute atomic E-state index is 15.8. The first-order valence-electron chi connectivity index (χ1n) is 18.0. The third-order valence-electron chi connectivity index (χ3n) is 11.8. The van der Waals surface area contributed by atoms with Gasteiger partial charge < -0.3 is 9.13 Å². The second-order valence-corrected chi connectivity index (χ2v) is 17.5. The van der Waals surface area contributed by atoms with E-state index in [0.29, 0.717) is 0 Å². The minimum atomic E-state index is -3.17. The van der Waals surface area contributed by atoms with Crippen molar-refractivity contribution >= 4 is 55.6 Å². The summed E-state index contributed by atoms with van der Waals surface area (Å²) in [4.78, 5) is 0. The summed E-state index contributed by atoms with van der Waals surface area (Å²) in [6, 6.07) is 60.8. The molecule has 0 fully saturated rings. The van der Waals surface area contributed by atoms with Crippen LogP contribution in [0.25, 0.3) is 71.6 Å². The van der Waals surface area contributed by atoms with Crippen LogP contribution < -0.4 is 15.9 Å². The highest BCUT2D eigenvalue weighted by Gasteiger charge is 2.42. The van der Waals surface area contributed by atoms with E-state index >= 15 is 4.57 Å². The van der Waals surface area contributed by atoms with Crippen LogP contribution in [0.4, 0.5) is 0 Å². The lowest BCUT2D eigenvalue weighted by Crippen LogP contribution is -2.21. The number of nitrogens with zero attached hydrogens (tertiary/aromatic N) is 1. The van der Waals surface area contributed by atoms with Gasteiger partial charge in [-0.15, -0.1) is 0 Å². The van der Waals surface area contributed by atoms with Gasteiger partial charge in [-0.1, -0.05) is 147 Å². The minimum Gasteiger partial charge on any atom is -0.309 e. The lowest BCUT2D eigenvalue weighted by atomic mass is 9.82. The van der Waals surface area contributed by atoms with Gasteiger partial charge in [0.15, 0.2) is 7.14 Å². The molecule has 0 saturated carbocycles. The lowest BCUT2D eigenvalue weighted by Gasteiger charge is -2.22. The maximum Gasteiger partial charge on any atom is 0.172 e. The van der Waals surface area contributed by atoms with Crippen LogP contribution in [0.5, 0.6) is 0 Å². The van der Waals surface area contributed by atoms with Crippen LogP contribution in [0.1, 0.15) is 25.0 Å². The number of hydrogen-bond acceptors (Lipinski definition) is 1. The summed E-state index contributed by atoms with van der Waals surface area (Å²) >= 11 is 0. The van der Waals surface area contributed by atoms with E-state index < -0.39 is 7.14 Å². The highest BCUT2D eigenvalue weighted by atomic mass is 31.2. The van der Waals surface area contributed by atoms with Gasteiger partial charge in [-0.05, 0) is 91.7 Å². The van der Waals surface area contributed by atoms with Crippen molar-refractivity contribution in [2.24, 2.45) is 0 Å². The summed E-state index contributed by atoms with van der Waals surface area (Å²) in [5.41, 5.74) is 13.0. The van der Waals surface area contributed by atoms with E-state index in [1.165, 1.54) is 44.2 Å². The largest absolute Gasteiger partial charge is 0.309 e. The molecule has 0 radical (unpaired) electrons. The fourth-order valence-corrected chi connectivity index (χ4v) is 12.6. The van der Waals surface area contributed by atoms with E-state index in [1.807, 2.05) is 36.4 Å². The van der Waals surface area contributed by atoms with Crippen molar-refractivity contribution in [2.45, 2.75) is 19.3 Å². The Morgan fingerprint density at radius 1 is 0.500 bits per heavy atom. The normalized spacial score (nSPS) is 16.6. The van der Waals surface area contributed by atoms with Gasteiger partial charge in [0, 0.05) is 37.8 Å². The topological polar surface area (TPSA) is 22.0 Å². The van der Waals surface area contributed by atoms with Crippen molar-refractivity contribution in [1.82, 2.24) is 4.57 Å². The number of fused-ring (bicyclic) bond motifs is 11. The summed E-state index contributed by atoms with van der Waals surface area (Å²) in [5.74, 6) is 0. The van der Waals surface area contributed by atoms with Crippen molar-refractivity contribution in [2.75, 3.05) is 0 Å². The molecule has 0 N–H and O–H groups in total. The molecular weight excluding hydrogens is 650 g/mol. The van der Waals surface area contributed by atoms with Crippen LogP contribution in [-0.2, 0) is 9.98 Å². The standard InChI is InChI=1S/C49H34NOP/c1-49(2)42-25-22-34(33-21-20-31-12-6-7-13-32(31)28-33)29-40(42)41-30-35(23-26-43(41)49)50-44-18-10-8-17-39(44)47-45(50)27-24-38-37-16-9-11-19-46(37)52(51,48(38)47)36-14-4-3-5-15-36/h3-30H,1-2H3.